The Kier molecular flexibility index (Phi) is 7.82. The highest BCUT2D eigenvalue weighted by Crippen LogP contribution is 2.24. The molecule has 0 radical (unpaired) electrons. The Morgan fingerprint density at radius 3 is 1.47 bits per heavy atom. The van der Waals surface area contributed by atoms with Gasteiger partial charge < -0.3 is 10.2 Å². The van der Waals surface area contributed by atoms with Crippen molar-refractivity contribution in [1.82, 2.24) is 0 Å². The van der Waals surface area contributed by atoms with Crippen molar-refractivity contribution in [2.45, 2.75) is 39.5 Å². The smallest absolute Gasteiger partial charge is 0.0527 e. The number of aliphatic hydroxyl groups is 2. The lowest BCUT2D eigenvalue weighted by Crippen LogP contribution is -2.29. The molecule has 2 N–H and O–H groups in total. The topological polar surface area (TPSA) is 40.5 Å². The Morgan fingerprint density at radius 2 is 1.20 bits per heavy atom. The van der Waals surface area contributed by atoms with Crippen LogP contribution in [0.2, 0.25) is 0 Å². The molecule has 0 spiro atoms. The summed E-state index contributed by atoms with van der Waals surface area (Å²) in [4.78, 5) is 0. The quantitative estimate of drug-likeness (QED) is 0.688. The minimum absolute atomic E-state index is 0.0692. The molecule has 0 aromatic heterocycles. The van der Waals surface area contributed by atoms with Crippen molar-refractivity contribution < 1.29 is 10.2 Å². The van der Waals surface area contributed by atoms with Crippen LogP contribution < -0.4 is 0 Å². The van der Waals surface area contributed by atoms with Crippen molar-refractivity contribution in [3.63, 3.8) is 0 Å². The molecule has 15 heavy (non-hydrogen) atoms. The maximum absolute atomic E-state index is 9.28. The zero-order valence-electron chi connectivity index (χ0n) is 9.64. The Morgan fingerprint density at radius 1 is 0.800 bits per heavy atom. The summed E-state index contributed by atoms with van der Waals surface area (Å²) >= 11 is 0. The molecule has 0 aliphatic carbocycles. The summed E-state index contributed by atoms with van der Waals surface area (Å²) in [5.41, 5.74) is -0.551. The van der Waals surface area contributed by atoms with Crippen LogP contribution >= 0.6 is 0 Å². The molecular weight excluding hydrogens is 188 g/mol. The predicted molar refractivity (Wildman–Crippen MR) is 62.0 cm³/mol. The number of hydrogen-bond acceptors (Lipinski definition) is 2. The normalized spacial score (nSPS) is 9.87. The molecule has 0 aromatic carbocycles. The van der Waals surface area contributed by atoms with Crippen LogP contribution in [0.15, 0.2) is 0 Å². The summed E-state index contributed by atoms with van der Waals surface area (Å²) in [6.45, 7) is 3.81. The molecule has 0 amide bonds. The summed E-state index contributed by atoms with van der Waals surface area (Å²) in [6.07, 6.45) is 2.61. The third-order valence-corrected chi connectivity index (χ3v) is 2.20. The first-order chi connectivity index (χ1) is 7.24. The van der Waals surface area contributed by atoms with Gasteiger partial charge in [0.25, 0.3) is 0 Å². The van der Waals surface area contributed by atoms with E-state index in [1.807, 2.05) is 13.8 Å². The third kappa shape index (κ3) is 5.47. The average Bonchev–Trinajstić information content (AvgIpc) is 2.28. The van der Waals surface area contributed by atoms with Crippen LogP contribution in [0.1, 0.15) is 39.5 Å². The molecule has 0 saturated heterocycles. The molecule has 0 unspecified atom stereocenters. The molecule has 0 rings (SSSR count). The van der Waals surface area contributed by atoms with Crippen molar-refractivity contribution in [1.29, 1.82) is 0 Å². The molecule has 0 atom stereocenters. The SMILES string of the molecule is CCC#CCC(CO)(CO)CC#CCC. The first-order valence-corrected chi connectivity index (χ1v) is 5.38. The molecule has 84 valence electrons. The van der Waals surface area contributed by atoms with Crippen molar-refractivity contribution >= 4 is 0 Å². The van der Waals surface area contributed by atoms with Crippen LogP contribution in [0.4, 0.5) is 0 Å². The standard InChI is InChI=1S/C13H20O2/c1-3-5-7-9-13(11-14,12-15)10-8-6-4-2/h14-15H,3-4,9-12H2,1-2H3. The molecule has 2 heteroatoms. The molecule has 0 heterocycles. The van der Waals surface area contributed by atoms with E-state index in [9.17, 15) is 10.2 Å². The van der Waals surface area contributed by atoms with E-state index in [0.29, 0.717) is 12.8 Å². The molecule has 0 aliphatic heterocycles. The number of hydrogen-bond donors (Lipinski definition) is 2. The van der Waals surface area contributed by atoms with Gasteiger partial charge in [0.1, 0.15) is 0 Å². The predicted octanol–water partition coefficient (Wildman–Crippen LogP) is 1.56. The van der Waals surface area contributed by atoms with Crippen molar-refractivity contribution in [3.05, 3.63) is 0 Å². The summed E-state index contributed by atoms with van der Waals surface area (Å²) in [5.74, 6) is 11.8. The molecule has 0 aromatic rings. The first kappa shape index (κ1) is 14.0. The van der Waals surface area contributed by atoms with E-state index in [-0.39, 0.29) is 13.2 Å². The van der Waals surface area contributed by atoms with Gasteiger partial charge in [-0.3, -0.25) is 0 Å². The van der Waals surface area contributed by atoms with Crippen molar-refractivity contribution in [2.75, 3.05) is 13.2 Å². The van der Waals surface area contributed by atoms with Crippen LogP contribution in [-0.4, -0.2) is 23.4 Å². The lowest BCUT2D eigenvalue weighted by atomic mass is 9.83. The van der Waals surface area contributed by atoms with Gasteiger partial charge in [-0.25, -0.2) is 0 Å². The van der Waals surface area contributed by atoms with Crippen molar-refractivity contribution in [2.24, 2.45) is 5.41 Å². The summed E-state index contributed by atoms with van der Waals surface area (Å²) < 4.78 is 0. The zero-order chi connectivity index (χ0) is 11.6. The van der Waals surface area contributed by atoms with Gasteiger partial charge in [0.05, 0.1) is 13.2 Å². The second-order valence-corrected chi connectivity index (χ2v) is 3.58. The van der Waals surface area contributed by atoms with Gasteiger partial charge in [-0.05, 0) is 0 Å². The van der Waals surface area contributed by atoms with Gasteiger partial charge >= 0.3 is 0 Å². The minimum Gasteiger partial charge on any atom is -0.396 e. The third-order valence-electron chi connectivity index (χ3n) is 2.20. The van der Waals surface area contributed by atoms with Crippen LogP contribution in [0.5, 0.6) is 0 Å². The first-order valence-electron chi connectivity index (χ1n) is 5.38. The zero-order valence-corrected chi connectivity index (χ0v) is 9.64. The van der Waals surface area contributed by atoms with Crippen LogP contribution in [0, 0.1) is 29.1 Å². The maximum atomic E-state index is 9.28. The Hall–Kier alpha value is -0.960. The van der Waals surface area contributed by atoms with Gasteiger partial charge in [-0.1, -0.05) is 13.8 Å². The molecule has 0 aliphatic rings. The van der Waals surface area contributed by atoms with E-state index >= 15 is 0 Å². The summed E-state index contributed by atoms with van der Waals surface area (Å²) in [7, 11) is 0. The Balaban J connectivity index is 4.42. The summed E-state index contributed by atoms with van der Waals surface area (Å²) in [6, 6.07) is 0. The lowest BCUT2D eigenvalue weighted by Gasteiger charge is -2.24. The highest BCUT2D eigenvalue weighted by Gasteiger charge is 2.26. The van der Waals surface area contributed by atoms with Gasteiger partial charge in [-0.2, -0.15) is 0 Å². The van der Waals surface area contributed by atoms with E-state index < -0.39 is 5.41 Å². The lowest BCUT2D eigenvalue weighted by molar-refractivity contribution is 0.0628. The fourth-order valence-corrected chi connectivity index (χ4v) is 1.09. The fourth-order valence-electron chi connectivity index (χ4n) is 1.09. The van der Waals surface area contributed by atoms with E-state index in [2.05, 4.69) is 23.7 Å². The number of rotatable bonds is 4. The van der Waals surface area contributed by atoms with Crippen molar-refractivity contribution in [3.8, 4) is 23.7 Å². The van der Waals surface area contributed by atoms with Crippen LogP contribution in [-0.2, 0) is 0 Å². The van der Waals surface area contributed by atoms with Crippen LogP contribution in [0.3, 0.4) is 0 Å². The fraction of sp³-hybridized carbons (Fsp3) is 0.692. The monoisotopic (exact) mass is 208 g/mol. The van der Waals surface area contributed by atoms with E-state index in [4.69, 9.17) is 0 Å². The second kappa shape index (κ2) is 8.36. The van der Waals surface area contributed by atoms with Gasteiger partial charge in [0.15, 0.2) is 0 Å². The van der Waals surface area contributed by atoms with Gasteiger partial charge in [0.2, 0.25) is 0 Å². The van der Waals surface area contributed by atoms with E-state index in [1.54, 1.807) is 0 Å². The van der Waals surface area contributed by atoms with Gasteiger partial charge in [0, 0.05) is 31.1 Å². The second-order valence-electron chi connectivity index (χ2n) is 3.58. The molecule has 0 fully saturated rings. The highest BCUT2D eigenvalue weighted by molar-refractivity contribution is 5.08. The molecule has 0 saturated carbocycles. The van der Waals surface area contributed by atoms with Crippen LogP contribution in [0.25, 0.3) is 0 Å². The summed E-state index contributed by atoms with van der Waals surface area (Å²) in [5, 5.41) is 18.6. The number of aliphatic hydroxyl groups excluding tert-OH is 2. The van der Waals surface area contributed by atoms with E-state index in [1.165, 1.54) is 0 Å². The highest BCUT2D eigenvalue weighted by atomic mass is 16.3. The average molecular weight is 208 g/mol. The minimum atomic E-state index is -0.551. The van der Waals surface area contributed by atoms with Gasteiger partial charge in [-0.15, -0.1) is 23.7 Å². The maximum Gasteiger partial charge on any atom is 0.0527 e. The largest absolute Gasteiger partial charge is 0.396 e. The Labute approximate surface area is 92.7 Å². The molecular formula is C13H20O2. The molecule has 0 bridgehead atoms. The van der Waals surface area contributed by atoms with E-state index in [0.717, 1.165) is 12.8 Å². The Bertz CT molecular complexity index is 242. The molecule has 2 nitrogen and oxygen atoms in total.